The molecule has 2 rings (SSSR count). The molecule has 0 saturated carbocycles. The summed E-state index contributed by atoms with van der Waals surface area (Å²) in [7, 11) is -4.58. The molecule has 1 aliphatic rings. The van der Waals surface area contributed by atoms with E-state index in [9.17, 15) is 26.7 Å². The van der Waals surface area contributed by atoms with Crippen LogP contribution in [0.3, 0.4) is 0 Å². The third-order valence-electron chi connectivity index (χ3n) is 3.15. The monoisotopic (exact) mass is 336 g/mol. The Labute approximate surface area is 126 Å². The minimum atomic E-state index is -5.18. The molecule has 0 radical (unpaired) electrons. The van der Waals surface area contributed by atoms with Crippen molar-refractivity contribution in [3.05, 3.63) is 42.1 Å². The van der Waals surface area contributed by atoms with Crippen LogP contribution in [0.1, 0.15) is 19.8 Å². The molecule has 0 amide bonds. The Hall–Kier alpha value is -1.58. The average molecular weight is 336 g/mol. The summed E-state index contributed by atoms with van der Waals surface area (Å²) in [5.74, 6) is 0. The van der Waals surface area contributed by atoms with Crippen molar-refractivity contribution in [3.63, 3.8) is 0 Å². The van der Waals surface area contributed by atoms with Crippen LogP contribution in [0.15, 0.2) is 47.0 Å². The van der Waals surface area contributed by atoms with Crippen molar-refractivity contribution < 1.29 is 26.7 Å². The van der Waals surface area contributed by atoms with E-state index < -0.39 is 21.9 Å². The number of hydrazine groups is 1. The third-order valence-corrected chi connectivity index (χ3v) is 4.87. The minimum Gasteiger partial charge on any atom is -0.362 e. The van der Waals surface area contributed by atoms with Crippen LogP contribution < -0.4 is 5.43 Å². The highest BCUT2D eigenvalue weighted by Gasteiger charge is 2.63. The Morgan fingerprint density at radius 2 is 1.86 bits per heavy atom. The van der Waals surface area contributed by atoms with Gasteiger partial charge in [0.25, 0.3) is 15.7 Å². The normalized spacial score (nSPS) is 23.2. The van der Waals surface area contributed by atoms with E-state index in [1.807, 2.05) is 0 Å². The predicted octanol–water partition coefficient (Wildman–Crippen LogP) is 2.13. The molecule has 1 heterocycles. The average Bonchev–Trinajstić information content (AvgIpc) is 2.79. The molecule has 1 unspecified atom stereocenters. The molecule has 9 heteroatoms. The minimum absolute atomic E-state index is 0.00170. The molecule has 1 atom stereocenters. The van der Waals surface area contributed by atoms with Gasteiger partial charge in [-0.3, -0.25) is 0 Å². The van der Waals surface area contributed by atoms with Gasteiger partial charge < -0.3 is 10.5 Å². The predicted molar refractivity (Wildman–Crippen MR) is 72.6 cm³/mol. The molecule has 1 aromatic carbocycles. The van der Waals surface area contributed by atoms with E-state index in [4.69, 9.17) is 0 Å². The van der Waals surface area contributed by atoms with Crippen molar-refractivity contribution in [2.75, 3.05) is 0 Å². The lowest BCUT2D eigenvalue weighted by atomic mass is 10.1. The zero-order chi connectivity index (χ0) is 16.6. The maximum absolute atomic E-state index is 13.2. The molecule has 0 aliphatic carbocycles. The number of hydrogen-bond donors (Lipinski definition) is 2. The van der Waals surface area contributed by atoms with Crippen molar-refractivity contribution in [1.29, 1.82) is 0 Å². The van der Waals surface area contributed by atoms with Gasteiger partial charge in [0.05, 0.1) is 4.90 Å². The third kappa shape index (κ3) is 2.71. The van der Waals surface area contributed by atoms with Crippen LogP contribution >= 0.6 is 0 Å². The maximum Gasteiger partial charge on any atom is 0.438 e. The molecular formula is C13H15F3N2O3S. The maximum atomic E-state index is 13.2. The smallest absolute Gasteiger partial charge is 0.362 e. The second-order valence-corrected chi connectivity index (χ2v) is 6.62. The Bertz CT molecular complexity index is 674. The second kappa shape index (κ2) is 5.56. The number of nitrogens with one attached hydrogen (secondary N) is 1. The topological polar surface area (TPSA) is 69.6 Å². The molecule has 0 saturated heterocycles. The number of allylic oxidation sites excluding steroid dienone is 1. The van der Waals surface area contributed by atoms with E-state index >= 15 is 0 Å². The van der Waals surface area contributed by atoms with Crippen LogP contribution in [-0.2, 0) is 10.0 Å². The van der Waals surface area contributed by atoms with Gasteiger partial charge >= 0.3 is 6.18 Å². The van der Waals surface area contributed by atoms with Gasteiger partial charge in [-0.15, -0.1) is 0 Å². The molecule has 2 N–H and O–H groups in total. The Kier molecular flexibility index (Phi) is 4.24. The SMILES string of the molecule is CCCC1=CC(O)(C(F)(F)F)N(S(=O)(=O)c2ccccc2)N1. The zero-order valence-electron chi connectivity index (χ0n) is 11.6. The van der Waals surface area contributed by atoms with Crippen molar-refractivity contribution in [2.24, 2.45) is 0 Å². The van der Waals surface area contributed by atoms with Gasteiger partial charge in [-0.25, -0.2) is 8.42 Å². The summed E-state index contributed by atoms with van der Waals surface area (Å²) in [4.78, 5) is -0.351. The first-order valence-electron chi connectivity index (χ1n) is 6.51. The van der Waals surface area contributed by atoms with Gasteiger partial charge in [0.1, 0.15) is 0 Å². The molecule has 0 bridgehead atoms. The van der Waals surface area contributed by atoms with Crippen LogP contribution in [0.2, 0.25) is 0 Å². The van der Waals surface area contributed by atoms with E-state index in [0.717, 1.165) is 12.1 Å². The van der Waals surface area contributed by atoms with Crippen LogP contribution in [0.5, 0.6) is 0 Å². The summed E-state index contributed by atoms with van der Waals surface area (Å²) in [6.07, 6.45) is -4.01. The van der Waals surface area contributed by atoms with Gasteiger partial charge in [0, 0.05) is 5.70 Å². The quantitative estimate of drug-likeness (QED) is 0.884. The fraction of sp³-hybridized carbons (Fsp3) is 0.385. The Morgan fingerprint density at radius 3 is 2.36 bits per heavy atom. The summed E-state index contributed by atoms with van der Waals surface area (Å²) < 4.78 is 64.3. The number of rotatable bonds is 4. The molecule has 5 nitrogen and oxygen atoms in total. The standard InChI is InChI=1S/C13H15F3N2O3S/c1-2-6-10-9-12(19,13(14,15)16)18(17-10)22(20,21)11-7-4-3-5-8-11/h3-5,7-9,17,19H,2,6H2,1H3. The molecule has 0 aromatic heterocycles. The summed E-state index contributed by atoms with van der Waals surface area (Å²) in [6.45, 7) is 1.73. The highest BCUT2D eigenvalue weighted by atomic mass is 32.2. The van der Waals surface area contributed by atoms with Gasteiger partial charge in [-0.05, 0) is 24.6 Å². The molecule has 1 aliphatic heterocycles. The van der Waals surface area contributed by atoms with Crippen molar-refractivity contribution in [1.82, 2.24) is 9.84 Å². The fourth-order valence-electron chi connectivity index (χ4n) is 2.09. The number of alkyl halides is 3. The van der Waals surface area contributed by atoms with Crippen LogP contribution in [0.25, 0.3) is 0 Å². The number of benzene rings is 1. The lowest BCUT2D eigenvalue weighted by Gasteiger charge is -2.32. The second-order valence-electron chi connectivity index (χ2n) is 4.84. The summed E-state index contributed by atoms with van der Waals surface area (Å²) in [5.41, 5.74) is -1.45. The highest BCUT2D eigenvalue weighted by Crippen LogP contribution is 2.41. The highest BCUT2D eigenvalue weighted by molar-refractivity contribution is 7.89. The largest absolute Gasteiger partial charge is 0.438 e. The van der Waals surface area contributed by atoms with Crippen molar-refractivity contribution >= 4 is 10.0 Å². The first kappa shape index (κ1) is 16.8. The molecular weight excluding hydrogens is 321 g/mol. The van der Waals surface area contributed by atoms with Gasteiger partial charge in [0.15, 0.2) is 0 Å². The van der Waals surface area contributed by atoms with Crippen LogP contribution in [-0.4, -0.2) is 29.8 Å². The summed E-state index contributed by atoms with van der Waals surface area (Å²) in [5, 5.41) is 9.96. The van der Waals surface area contributed by atoms with Gasteiger partial charge in [-0.1, -0.05) is 36.0 Å². The van der Waals surface area contributed by atoms with Crippen molar-refractivity contribution in [2.45, 2.75) is 36.6 Å². The Balaban J connectivity index is 2.50. The van der Waals surface area contributed by atoms with Crippen LogP contribution in [0, 0.1) is 0 Å². The lowest BCUT2D eigenvalue weighted by molar-refractivity contribution is -0.276. The first-order chi connectivity index (χ1) is 10.1. The molecule has 22 heavy (non-hydrogen) atoms. The van der Waals surface area contributed by atoms with E-state index in [-0.39, 0.29) is 21.4 Å². The number of aliphatic hydroxyl groups is 1. The number of nitrogens with zero attached hydrogens (tertiary/aromatic N) is 1. The number of halogens is 3. The van der Waals surface area contributed by atoms with E-state index in [1.54, 1.807) is 6.92 Å². The van der Waals surface area contributed by atoms with Crippen LogP contribution in [0.4, 0.5) is 13.2 Å². The zero-order valence-corrected chi connectivity index (χ0v) is 12.4. The summed E-state index contributed by atoms with van der Waals surface area (Å²) in [6, 6.07) is 6.62. The summed E-state index contributed by atoms with van der Waals surface area (Å²) >= 11 is 0. The van der Waals surface area contributed by atoms with Crippen molar-refractivity contribution in [3.8, 4) is 0 Å². The first-order valence-corrected chi connectivity index (χ1v) is 7.95. The molecule has 0 fully saturated rings. The number of hydrogen-bond acceptors (Lipinski definition) is 4. The van der Waals surface area contributed by atoms with E-state index in [2.05, 4.69) is 5.43 Å². The lowest BCUT2D eigenvalue weighted by Crippen LogP contribution is -2.60. The fourth-order valence-corrected chi connectivity index (χ4v) is 3.56. The number of sulfonamides is 1. The molecule has 0 spiro atoms. The molecule has 122 valence electrons. The van der Waals surface area contributed by atoms with Gasteiger partial charge in [0.2, 0.25) is 0 Å². The van der Waals surface area contributed by atoms with E-state index in [1.165, 1.54) is 18.2 Å². The molecule has 1 aromatic rings. The van der Waals surface area contributed by atoms with Gasteiger partial charge in [-0.2, -0.15) is 13.2 Å². The Morgan fingerprint density at radius 1 is 1.27 bits per heavy atom. The van der Waals surface area contributed by atoms with E-state index in [0.29, 0.717) is 12.5 Å².